The van der Waals surface area contributed by atoms with Crippen molar-refractivity contribution in [1.82, 2.24) is 4.90 Å². The molecule has 0 amide bonds. The van der Waals surface area contributed by atoms with E-state index >= 15 is 0 Å². The molecule has 0 aliphatic heterocycles. The molecular formula is C22H29NO3. The number of furan rings is 1. The van der Waals surface area contributed by atoms with E-state index in [-0.39, 0.29) is 0 Å². The highest BCUT2D eigenvalue weighted by Gasteiger charge is 2.37. The molecule has 4 nitrogen and oxygen atoms in total. The van der Waals surface area contributed by atoms with Gasteiger partial charge in [0.05, 0.1) is 6.54 Å². The van der Waals surface area contributed by atoms with E-state index in [1.54, 1.807) is 0 Å². The first-order valence-electron chi connectivity index (χ1n) is 9.78. The van der Waals surface area contributed by atoms with E-state index < -0.39 is 6.10 Å². The fraction of sp³-hybridized carbons (Fsp3) is 0.545. The molecule has 3 unspecified atom stereocenters. The van der Waals surface area contributed by atoms with Crippen LogP contribution in [0.15, 0.2) is 40.8 Å². The third-order valence-corrected chi connectivity index (χ3v) is 5.49. The molecule has 0 saturated heterocycles. The second-order valence-corrected chi connectivity index (χ2v) is 8.06. The zero-order valence-electron chi connectivity index (χ0n) is 15.7. The maximum Gasteiger partial charge on any atom is 0.119 e. The predicted octanol–water partition coefficient (Wildman–Crippen LogP) is 4.12. The second-order valence-electron chi connectivity index (χ2n) is 8.06. The van der Waals surface area contributed by atoms with E-state index in [9.17, 15) is 5.11 Å². The van der Waals surface area contributed by atoms with Crippen LogP contribution in [-0.2, 0) is 6.54 Å². The van der Waals surface area contributed by atoms with E-state index in [4.69, 9.17) is 9.15 Å². The first-order valence-corrected chi connectivity index (χ1v) is 9.78. The van der Waals surface area contributed by atoms with Crippen LogP contribution in [0.1, 0.15) is 49.2 Å². The summed E-state index contributed by atoms with van der Waals surface area (Å²) in [6.07, 6.45) is 3.15. The number of ether oxygens (including phenoxy) is 1. The van der Waals surface area contributed by atoms with Gasteiger partial charge < -0.3 is 14.3 Å². The van der Waals surface area contributed by atoms with Crippen LogP contribution < -0.4 is 4.74 Å². The zero-order chi connectivity index (χ0) is 18.1. The number of aliphatic hydroxyl groups excluding tert-OH is 1. The molecule has 1 N–H and O–H groups in total. The van der Waals surface area contributed by atoms with E-state index in [0.29, 0.717) is 25.1 Å². The Morgan fingerprint density at radius 1 is 1.19 bits per heavy atom. The van der Waals surface area contributed by atoms with Crippen LogP contribution in [0, 0.1) is 12.8 Å². The third kappa shape index (κ3) is 4.49. The molecule has 1 aromatic heterocycles. The fourth-order valence-electron chi connectivity index (χ4n) is 3.53. The molecule has 0 spiro atoms. The van der Waals surface area contributed by atoms with Gasteiger partial charge in [-0.1, -0.05) is 24.6 Å². The largest absolute Gasteiger partial charge is 0.491 e. The molecule has 2 fully saturated rings. The van der Waals surface area contributed by atoms with Gasteiger partial charge in [-0.15, -0.1) is 0 Å². The molecule has 4 rings (SSSR count). The number of nitrogens with zero attached hydrogens (tertiary/aromatic N) is 1. The quantitative estimate of drug-likeness (QED) is 0.735. The Labute approximate surface area is 155 Å². The highest BCUT2D eigenvalue weighted by atomic mass is 16.5. The van der Waals surface area contributed by atoms with Crippen LogP contribution in [0.5, 0.6) is 5.75 Å². The minimum atomic E-state index is -0.505. The zero-order valence-corrected chi connectivity index (χ0v) is 15.7. The molecule has 140 valence electrons. The van der Waals surface area contributed by atoms with Crippen molar-refractivity contribution in [2.75, 3.05) is 13.2 Å². The number of hydrogen-bond donors (Lipinski definition) is 1. The molecule has 3 atom stereocenters. The fourth-order valence-corrected chi connectivity index (χ4v) is 3.53. The Bertz CT molecular complexity index is 719. The van der Waals surface area contributed by atoms with Crippen molar-refractivity contribution in [3.8, 4) is 5.75 Å². The highest BCUT2D eigenvalue weighted by molar-refractivity contribution is 5.26. The summed E-state index contributed by atoms with van der Waals surface area (Å²) in [5.74, 6) is 4.33. The summed E-state index contributed by atoms with van der Waals surface area (Å²) in [7, 11) is 0. The van der Waals surface area contributed by atoms with Gasteiger partial charge in [-0.25, -0.2) is 0 Å². The smallest absolute Gasteiger partial charge is 0.119 e. The molecular weight excluding hydrogens is 326 g/mol. The van der Waals surface area contributed by atoms with Gasteiger partial charge in [-0.2, -0.15) is 0 Å². The molecule has 2 aliphatic rings. The van der Waals surface area contributed by atoms with Gasteiger partial charge in [-0.3, -0.25) is 4.90 Å². The second kappa shape index (κ2) is 7.45. The lowest BCUT2D eigenvalue weighted by Gasteiger charge is -2.24. The van der Waals surface area contributed by atoms with Gasteiger partial charge in [0.1, 0.15) is 30.0 Å². The maximum atomic E-state index is 10.4. The summed E-state index contributed by atoms with van der Waals surface area (Å²) in [4.78, 5) is 2.34. The molecule has 1 heterocycles. The van der Waals surface area contributed by atoms with Crippen molar-refractivity contribution in [2.45, 2.75) is 57.7 Å². The molecule has 0 bridgehead atoms. The molecule has 0 radical (unpaired) electrons. The van der Waals surface area contributed by atoms with Gasteiger partial charge in [0.25, 0.3) is 0 Å². The number of rotatable bonds is 9. The van der Waals surface area contributed by atoms with Crippen molar-refractivity contribution in [3.63, 3.8) is 0 Å². The minimum absolute atomic E-state index is 0.315. The lowest BCUT2D eigenvalue weighted by molar-refractivity contribution is 0.0601. The van der Waals surface area contributed by atoms with E-state index in [0.717, 1.165) is 29.7 Å². The summed E-state index contributed by atoms with van der Waals surface area (Å²) in [5, 5.41) is 10.4. The van der Waals surface area contributed by atoms with E-state index in [1.807, 2.05) is 24.3 Å². The standard InChI is InChI=1S/C22H29NO3/c1-15-3-7-19(8-4-15)25-14-18(24)12-23(17-5-6-17)13-20-9-10-22(26-20)21-11-16(21)2/h3-4,7-10,16-18,21,24H,5-6,11-14H2,1-2H3. The van der Waals surface area contributed by atoms with Crippen molar-refractivity contribution in [1.29, 1.82) is 0 Å². The Morgan fingerprint density at radius 2 is 1.92 bits per heavy atom. The lowest BCUT2D eigenvalue weighted by Crippen LogP contribution is -2.36. The molecule has 2 saturated carbocycles. The third-order valence-electron chi connectivity index (χ3n) is 5.49. The Morgan fingerprint density at radius 3 is 2.58 bits per heavy atom. The molecule has 2 aliphatic carbocycles. The van der Waals surface area contributed by atoms with Crippen LogP contribution in [0.3, 0.4) is 0 Å². The maximum absolute atomic E-state index is 10.4. The van der Waals surface area contributed by atoms with Crippen LogP contribution in [-0.4, -0.2) is 35.3 Å². The van der Waals surface area contributed by atoms with Crippen molar-refractivity contribution >= 4 is 0 Å². The van der Waals surface area contributed by atoms with Crippen LogP contribution in [0.4, 0.5) is 0 Å². The van der Waals surface area contributed by atoms with Gasteiger partial charge in [0.15, 0.2) is 0 Å². The minimum Gasteiger partial charge on any atom is -0.491 e. The van der Waals surface area contributed by atoms with Gasteiger partial charge in [-0.05, 0) is 56.4 Å². The van der Waals surface area contributed by atoms with E-state index in [1.165, 1.54) is 24.8 Å². The normalized spacial score (nSPS) is 23.2. The molecule has 26 heavy (non-hydrogen) atoms. The predicted molar refractivity (Wildman–Crippen MR) is 101 cm³/mol. The Balaban J connectivity index is 1.29. The van der Waals surface area contributed by atoms with Gasteiger partial charge in [0.2, 0.25) is 0 Å². The molecule has 1 aromatic carbocycles. The highest BCUT2D eigenvalue weighted by Crippen LogP contribution is 2.47. The summed E-state index contributed by atoms with van der Waals surface area (Å²) < 4.78 is 11.8. The Kier molecular flexibility index (Phi) is 5.05. The molecule has 4 heteroatoms. The van der Waals surface area contributed by atoms with E-state index in [2.05, 4.69) is 30.9 Å². The van der Waals surface area contributed by atoms with Crippen molar-refractivity contribution in [3.05, 3.63) is 53.5 Å². The molecule has 2 aromatic rings. The summed E-state index contributed by atoms with van der Waals surface area (Å²) >= 11 is 0. The van der Waals surface area contributed by atoms with Gasteiger partial charge >= 0.3 is 0 Å². The average Bonchev–Trinajstić information content (AvgIpc) is 3.54. The number of hydrogen-bond acceptors (Lipinski definition) is 4. The summed E-state index contributed by atoms with van der Waals surface area (Å²) in [5.41, 5.74) is 1.20. The monoisotopic (exact) mass is 355 g/mol. The van der Waals surface area contributed by atoms with Crippen LogP contribution >= 0.6 is 0 Å². The average molecular weight is 355 g/mol. The Hall–Kier alpha value is -1.78. The topological polar surface area (TPSA) is 45.8 Å². The lowest BCUT2D eigenvalue weighted by atomic mass is 10.2. The number of benzene rings is 1. The summed E-state index contributed by atoms with van der Waals surface area (Å²) in [6, 6.07) is 12.7. The van der Waals surface area contributed by atoms with Gasteiger partial charge in [0, 0.05) is 18.5 Å². The van der Waals surface area contributed by atoms with Crippen LogP contribution in [0.2, 0.25) is 0 Å². The number of aryl methyl sites for hydroxylation is 1. The summed E-state index contributed by atoms with van der Waals surface area (Å²) in [6.45, 7) is 6.03. The number of aliphatic hydroxyl groups is 1. The SMILES string of the molecule is Cc1ccc(OCC(O)CN(Cc2ccc(C3CC3C)o2)C2CC2)cc1. The van der Waals surface area contributed by atoms with Crippen LogP contribution in [0.25, 0.3) is 0 Å². The van der Waals surface area contributed by atoms with Crippen molar-refractivity contribution in [2.24, 2.45) is 5.92 Å². The first-order chi connectivity index (χ1) is 12.6. The van der Waals surface area contributed by atoms with Crippen molar-refractivity contribution < 1.29 is 14.3 Å². The first kappa shape index (κ1) is 17.6.